The van der Waals surface area contributed by atoms with Crippen LogP contribution in [0.4, 0.5) is 0 Å². The summed E-state index contributed by atoms with van der Waals surface area (Å²) in [5, 5.41) is 0.598. The number of rotatable bonds is 5. The molecule has 1 heterocycles. The van der Waals surface area contributed by atoms with Gasteiger partial charge in [-0.3, -0.25) is 4.21 Å². The first-order valence-corrected chi connectivity index (χ1v) is 7.96. The van der Waals surface area contributed by atoms with Crippen LogP contribution in [0.1, 0.15) is 22.9 Å². The van der Waals surface area contributed by atoms with Gasteiger partial charge in [0.1, 0.15) is 17.3 Å². The number of hydrogen-bond donors (Lipinski definition) is 0. The average molecular weight is 314 g/mol. The van der Waals surface area contributed by atoms with Crippen molar-refractivity contribution in [3.05, 3.63) is 46.1 Å². The molecule has 20 heavy (non-hydrogen) atoms. The van der Waals surface area contributed by atoms with Gasteiger partial charge < -0.3 is 9.15 Å². The van der Waals surface area contributed by atoms with Gasteiger partial charge in [-0.25, -0.2) is 4.98 Å². The minimum atomic E-state index is -1.13. The molecule has 0 fully saturated rings. The first kappa shape index (κ1) is 15.1. The fraction of sp³-hybridized carbons (Fsp3) is 0.357. The van der Waals surface area contributed by atoms with Crippen LogP contribution in [0.3, 0.4) is 0 Å². The monoisotopic (exact) mass is 313 g/mol. The first-order valence-electron chi connectivity index (χ1n) is 6.10. The van der Waals surface area contributed by atoms with Crippen LogP contribution in [0, 0.1) is 13.8 Å². The van der Waals surface area contributed by atoms with Crippen molar-refractivity contribution in [3.8, 4) is 5.75 Å². The van der Waals surface area contributed by atoms with Crippen molar-refractivity contribution in [2.24, 2.45) is 0 Å². The third-order valence-corrected chi connectivity index (χ3v) is 4.35. The highest BCUT2D eigenvalue weighted by molar-refractivity contribution is 7.83. The summed E-state index contributed by atoms with van der Waals surface area (Å²) < 4.78 is 22.9. The molecule has 0 aliphatic heterocycles. The number of methoxy groups -OCH3 is 1. The second-order valence-corrected chi connectivity index (χ2v) is 6.33. The lowest BCUT2D eigenvalue weighted by atomic mass is 10.2. The molecule has 108 valence electrons. The average Bonchev–Trinajstić information content (AvgIpc) is 2.68. The van der Waals surface area contributed by atoms with Crippen molar-refractivity contribution in [1.29, 1.82) is 0 Å². The van der Waals surface area contributed by atoms with Crippen molar-refractivity contribution in [2.45, 2.75) is 25.4 Å². The third-order valence-electron chi connectivity index (χ3n) is 2.92. The Morgan fingerprint density at radius 2 is 2.10 bits per heavy atom. The topological polar surface area (TPSA) is 52.3 Å². The van der Waals surface area contributed by atoms with Gasteiger partial charge in [0.25, 0.3) is 0 Å². The van der Waals surface area contributed by atoms with Crippen LogP contribution in [-0.2, 0) is 22.3 Å². The maximum atomic E-state index is 12.2. The molecule has 0 radical (unpaired) electrons. The van der Waals surface area contributed by atoms with E-state index in [-0.39, 0.29) is 5.75 Å². The van der Waals surface area contributed by atoms with Crippen LogP contribution >= 0.6 is 11.6 Å². The molecule has 0 aliphatic carbocycles. The van der Waals surface area contributed by atoms with Crippen molar-refractivity contribution in [1.82, 2.24) is 4.98 Å². The molecule has 1 aromatic heterocycles. The van der Waals surface area contributed by atoms with E-state index in [4.69, 9.17) is 20.8 Å². The molecule has 2 aromatic rings. The summed E-state index contributed by atoms with van der Waals surface area (Å²) in [6.07, 6.45) is 0. The van der Waals surface area contributed by atoms with E-state index in [1.165, 1.54) is 0 Å². The second kappa shape index (κ2) is 6.41. The maximum absolute atomic E-state index is 12.2. The number of aryl methyl sites for hydroxylation is 2. The molecule has 4 nitrogen and oxygen atoms in total. The van der Waals surface area contributed by atoms with E-state index in [0.717, 1.165) is 17.0 Å². The molecule has 0 saturated heterocycles. The Morgan fingerprint density at radius 3 is 2.70 bits per heavy atom. The Kier molecular flexibility index (Phi) is 4.83. The molecule has 2 rings (SSSR count). The standard InChI is InChI=1S/C14H16ClNO3S/c1-9-10(2)19-14(16-9)8-20(17)7-11-6-12(15)4-5-13(11)18-3/h4-6H,7-8H2,1-3H3/t20-/m1/s1. The van der Waals surface area contributed by atoms with E-state index in [1.54, 1.807) is 25.3 Å². The Balaban J connectivity index is 2.10. The summed E-state index contributed by atoms with van der Waals surface area (Å²) in [4.78, 5) is 4.23. The Labute approximate surface area is 125 Å². The predicted molar refractivity (Wildman–Crippen MR) is 79.5 cm³/mol. The number of halogens is 1. The van der Waals surface area contributed by atoms with Crippen molar-refractivity contribution < 1.29 is 13.4 Å². The smallest absolute Gasteiger partial charge is 0.207 e. The van der Waals surface area contributed by atoms with E-state index in [0.29, 0.717) is 22.4 Å². The zero-order chi connectivity index (χ0) is 14.7. The fourth-order valence-electron chi connectivity index (χ4n) is 1.82. The maximum Gasteiger partial charge on any atom is 0.207 e. The van der Waals surface area contributed by atoms with Crippen LogP contribution < -0.4 is 4.74 Å². The summed E-state index contributed by atoms with van der Waals surface area (Å²) in [5.74, 6) is 2.58. The van der Waals surface area contributed by atoms with Gasteiger partial charge in [-0.1, -0.05) is 11.6 Å². The quantitative estimate of drug-likeness (QED) is 0.849. The van der Waals surface area contributed by atoms with Gasteiger partial charge in [-0.2, -0.15) is 0 Å². The van der Waals surface area contributed by atoms with E-state index >= 15 is 0 Å². The minimum absolute atomic E-state index is 0.282. The van der Waals surface area contributed by atoms with Crippen LogP contribution in [0.15, 0.2) is 22.6 Å². The van der Waals surface area contributed by atoms with Gasteiger partial charge in [0.2, 0.25) is 5.89 Å². The molecule has 0 spiro atoms. The lowest BCUT2D eigenvalue weighted by molar-refractivity contribution is 0.411. The Morgan fingerprint density at radius 1 is 1.35 bits per heavy atom. The normalized spacial score (nSPS) is 12.4. The van der Waals surface area contributed by atoms with Crippen molar-refractivity contribution in [2.75, 3.05) is 7.11 Å². The van der Waals surface area contributed by atoms with Gasteiger partial charge in [0.05, 0.1) is 18.6 Å². The molecule has 1 atom stereocenters. The summed E-state index contributed by atoms with van der Waals surface area (Å²) in [6.45, 7) is 3.71. The zero-order valence-corrected chi connectivity index (χ0v) is 13.2. The fourth-order valence-corrected chi connectivity index (χ4v) is 3.09. The summed E-state index contributed by atoms with van der Waals surface area (Å²) in [5.41, 5.74) is 1.65. The van der Waals surface area contributed by atoms with E-state index < -0.39 is 10.8 Å². The highest BCUT2D eigenvalue weighted by atomic mass is 35.5. The lowest BCUT2D eigenvalue weighted by Gasteiger charge is -2.08. The number of benzene rings is 1. The first-order chi connectivity index (χ1) is 9.49. The molecule has 0 N–H and O–H groups in total. The Bertz CT molecular complexity index is 620. The largest absolute Gasteiger partial charge is 0.496 e. The van der Waals surface area contributed by atoms with Crippen LogP contribution in [0.5, 0.6) is 5.75 Å². The summed E-state index contributed by atoms with van der Waals surface area (Å²) >= 11 is 5.96. The van der Waals surface area contributed by atoms with Crippen LogP contribution in [-0.4, -0.2) is 16.3 Å². The van der Waals surface area contributed by atoms with Gasteiger partial charge >= 0.3 is 0 Å². The molecule has 0 bridgehead atoms. The number of oxazole rings is 1. The van der Waals surface area contributed by atoms with Crippen molar-refractivity contribution >= 4 is 22.4 Å². The molecule has 1 aromatic carbocycles. The van der Waals surface area contributed by atoms with Gasteiger partial charge in [-0.15, -0.1) is 0 Å². The van der Waals surface area contributed by atoms with E-state index in [2.05, 4.69) is 4.98 Å². The Hall–Kier alpha value is -1.33. The molecule has 6 heteroatoms. The molecule has 0 unspecified atom stereocenters. The van der Waals surface area contributed by atoms with Crippen LogP contribution in [0.2, 0.25) is 5.02 Å². The van der Waals surface area contributed by atoms with E-state index in [9.17, 15) is 4.21 Å². The molecule has 0 aliphatic rings. The summed E-state index contributed by atoms with van der Waals surface area (Å²) in [7, 11) is 0.448. The van der Waals surface area contributed by atoms with Crippen molar-refractivity contribution in [3.63, 3.8) is 0 Å². The molecular formula is C14H16ClNO3S. The number of ether oxygens (including phenoxy) is 1. The number of aromatic nitrogens is 1. The third kappa shape index (κ3) is 3.61. The minimum Gasteiger partial charge on any atom is -0.496 e. The van der Waals surface area contributed by atoms with Gasteiger partial charge in [0, 0.05) is 21.4 Å². The van der Waals surface area contributed by atoms with E-state index in [1.807, 2.05) is 13.8 Å². The zero-order valence-electron chi connectivity index (χ0n) is 11.6. The van der Waals surface area contributed by atoms with Gasteiger partial charge in [0.15, 0.2) is 0 Å². The highest BCUT2D eigenvalue weighted by Crippen LogP contribution is 2.24. The second-order valence-electron chi connectivity index (χ2n) is 4.43. The van der Waals surface area contributed by atoms with Gasteiger partial charge in [-0.05, 0) is 32.0 Å². The molecule has 0 saturated carbocycles. The van der Waals surface area contributed by atoms with Crippen LogP contribution in [0.25, 0.3) is 0 Å². The summed E-state index contributed by atoms with van der Waals surface area (Å²) in [6, 6.07) is 5.28. The predicted octanol–water partition coefficient (Wildman–Crippen LogP) is 3.40. The SMILES string of the molecule is COc1ccc(Cl)cc1C[S@@](=O)Cc1nc(C)c(C)o1. The number of hydrogen-bond acceptors (Lipinski definition) is 4. The molecule has 0 amide bonds. The highest BCUT2D eigenvalue weighted by Gasteiger charge is 2.13. The number of nitrogens with zero attached hydrogens (tertiary/aromatic N) is 1. The molecular weight excluding hydrogens is 298 g/mol. The lowest BCUT2D eigenvalue weighted by Crippen LogP contribution is -2.02.